The summed E-state index contributed by atoms with van der Waals surface area (Å²) in [7, 11) is 0. The van der Waals surface area contributed by atoms with Gasteiger partial charge in [0.25, 0.3) is 11.5 Å². The number of nitrogens with zero attached hydrogens (tertiary/aromatic N) is 4. The van der Waals surface area contributed by atoms with Crippen LogP contribution in [0.4, 0.5) is 0 Å². The van der Waals surface area contributed by atoms with Crippen molar-refractivity contribution in [1.29, 1.82) is 0 Å². The smallest absolute Gasteiger partial charge is 0.341 e. The topological polar surface area (TPSA) is 95.0 Å². The Labute approximate surface area is 201 Å². The predicted molar refractivity (Wildman–Crippen MR) is 135 cm³/mol. The van der Waals surface area contributed by atoms with Crippen LogP contribution in [0.25, 0.3) is 16.7 Å². The van der Waals surface area contributed by atoms with Gasteiger partial charge in [-0.05, 0) is 42.9 Å². The normalized spacial score (nSPS) is 12.2. The first-order chi connectivity index (χ1) is 16.3. The van der Waals surface area contributed by atoms with E-state index in [1.807, 2.05) is 26.8 Å². The lowest BCUT2D eigenvalue weighted by Crippen LogP contribution is -2.34. The number of amides is 1. The molecule has 0 aliphatic heterocycles. The second-order valence-corrected chi connectivity index (χ2v) is 8.92. The van der Waals surface area contributed by atoms with Gasteiger partial charge < -0.3 is 9.30 Å². The minimum atomic E-state index is -0.651. The Kier molecular flexibility index (Phi) is 8.22. The van der Waals surface area contributed by atoms with E-state index < -0.39 is 11.9 Å². The average molecular weight is 481 g/mol. The number of hydrogen-bond donors (Lipinski definition) is 0. The van der Waals surface area contributed by atoms with Crippen LogP contribution in [0.2, 0.25) is 0 Å². The van der Waals surface area contributed by atoms with Gasteiger partial charge in [0.15, 0.2) is 5.49 Å². The molecule has 0 N–H and O–H groups in total. The van der Waals surface area contributed by atoms with Gasteiger partial charge in [-0.1, -0.05) is 38.6 Å². The van der Waals surface area contributed by atoms with Gasteiger partial charge in [-0.25, -0.2) is 9.78 Å². The molecule has 3 aromatic rings. The number of hydrogen-bond acceptors (Lipinski definition) is 6. The molecule has 3 heterocycles. The first-order valence-corrected chi connectivity index (χ1v) is 12.0. The van der Waals surface area contributed by atoms with E-state index in [0.29, 0.717) is 17.8 Å². The summed E-state index contributed by atoms with van der Waals surface area (Å²) < 4.78 is 8.38. The number of esters is 1. The molecule has 0 bridgehead atoms. The van der Waals surface area contributed by atoms with Gasteiger partial charge in [0.2, 0.25) is 0 Å². The number of ether oxygens (including phenoxy) is 1. The molecule has 0 spiro atoms. The molecule has 3 rings (SSSR count). The Morgan fingerprint density at radius 3 is 2.76 bits per heavy atom. The lowest BCUT2D eigenvalue weighted by Gasteiger charge is -2.17. The Hall–Kier alpha value is -3.46. The maximum Gasteiger partial charge on any atom is 0.341 e. The fraction of sp³-hybridized carbons (Fsp3) is 0.320. The van der Waals surface area contributed by atoms with Crippen molar-refractivity contribution in [2.45, 2.75) is 34.2 Å². The average Bonchev–Trinajstić information content (AvgIpc) is 2.79. The van der Waals surface area contributed by atoms with Crippen molar-refractivity contribution in [3.8, 4) is 0 Å². The first kappa shape index (κ1) is 25.2. The van der Waals surface area contributed by atoms with Crippen molar-refractivity contribution < 1.29 is 14.3 Å². The number of thioether (sulfide) groups is 1. The number of fused-ring (bicyclic) bond motifs is 2. The van der Waals surface area contributed by atoms with Crippen LogP contribution in [0.15, 0.2) is 58.3 Å². The number of carbonyl (C=O) groups is 2. The van der Waals surface area contributed by atoms with Crippen LogP contribution in [0, 0.1) is 12.8 Å². The zero-order chi connectivity index (χ0) is 24.8. The Balaban J connectivity index is 2.41. The molecule has 8 nitrogen and oxygen atoms in total. The SMILES string of the molecule is C=C/C=C/SCC(=O)N=c1c(C(=O)OCC)cc2c(=O)n3cccc(C)c3nc2n1CC(C)C. The van der Waals surface area contributed by atoms with Crippen LogP contribution < -0.4 is 11.0 Å². The molecule has 178 valence electrons. The third-order valence-corrected chi connectivity index (χ3v) is 5.66. The van der Waals surface area contributed by atoms with Crippen molar-refractivity contribution >= 4 is 40.3 Å². The van der Waals surface area contributed by atoms with E-state index in [-0.39, 0.29) is 40.3 Å². The number of pyridine rings is 2. The summed E-state index contributed by atoms with van der Waals surface area (Å²) in [5, 5.41) is 1.99. The molecule has 0 atom stereocenters. The van der Waals surface area contributed by atoms with Crippen molar-refractivity contribution in [2.24, 2.45) is 10.9 Å². The fourth-order valence-corrected chi connectivity index (χ4v) is 4.01. The first-order valence-electron chi connectivity index (χ1n) is 11.0. The molecule has 0 aromatic carbocycles. The molecule has 9 heteroatoms. The number of rotatable bonds is 8. The highest BCUT2D eigenvalue weighted by molar-refractivity contribution is 8.02. The van der Waals surface area contributed by atoms with Gasteiger partial charge >= 0.3 is 5.97 Å². The van der Waals surface area contributed by atoms with Crippen LogP contribution >= 0.6 is 11.8 Å². The molecule has 34 heavy (non-hydrogen) atoms. The second-order valence-electron chi connectivity index (χ2n) is 8.03. The summed E-state index contributed by atoms with van der Waals surface area (Å²) in [6.07, 6.45) is 4.98. The minimum absolute atomic E-state index is 0.0569. The molecular weight excluding hydrogens is 452 g/mol. The van der Waals surface area contributed by atoms with Crippen LogP contribution in [0.3, 0.4) is 0 Å². The molecule has 0 saturated heterocycles. The minimum Gasteiger partial charge on any atom is -0.462 e. The van der Waals surface area contributed by atoms with Crippen LogP contribution in [0.5, 0.6) is 0 Å². The molecular formula is C25H28N4O4S. The van der Waals surface area contributed by atoms with E-state index in [1.54, 1.807) is 41.3 Å². The third-order valence-electron chi connectivity index (χ3n) is 4.90. The summed E-state index contributed by atoms with van der Waals surface area (Å²) in [6, 6.07) is 5.08. The van der Waals surface area contributed by atoms with E-state index in [2.05, 4.69) is 11.6 Å². The van der Waals surface area contributed by atoms with Crippen molar-refractivity contribution in [1.82, 2.24) is 14.0 Å². The number of carbonyl (C=O) groups excluding carboxylic acids is 2. The lowest BCUT2D eigenvalue weighted by molar-refractivity contribution is -0.115. The highest BCUT2D eigenvalue weighted by Crippen LogP contribution is 2.15. The molecule has 1 amide bonds. The monoisotopic (exact) mass is 480 g/mol. The Bertz CT molecular complexity index is 1420. The highest BCUT2D eigenvalue weighted by Gasteiger charge is 2.20. The van der Waals surface area contributed by atoms with E-state index in [9.17, 15) is 14.4 Å². The zero-order valence-corrected chi connectivity index (χ0v) is 20.6. The van der Waals surface area contributed by atoms with Crippen LogP contribution in [-0.2, 0) is 16.1 Å². The van der Waals surface area contributed by atoms with E-state index in [1.165, 1.54) is 22.2 Å². The van der Waals surface area contributed by atoms with Crippen molar-refractivity contribution in [3.05, 3.63) is 75.5 Å². The predicted octanol–water partition coefficient (Wildman–Crippen LogP) is 3.65. The molecule has 0 aliphatic rings. The Morgan fingerprint density at radius 2 is 2.09 bits per heavy atom. The summed E-state index contributed by atoms with van der Waals surface area (Å²) in [5.41, 5.74) is 1.58. The maximum absolute atomic E-state index is 13.4. The van der Waals surface area contributed by atoms with Crippen LogP contribution in [-0.4, -0.2) is 38.2 Å². The molecule has 0 fully saturated rings. The molecule has 0 unspecified atom stereocenters. The molecule has 0 saturated carbocycles. The van der Waals surface area contributed by atoms with Gasteiger partial charge in [0, 0.05) is 12.7 Å². The maximum atomic E-state index is 13.4. The zero-order valence-electron chi connectivity index (χ0n) is 19.8. The van der Waals surface area contributed by atoms with Crippen LogP contribution in [0.1, 0.15) is 36.7 Å². The summed E-state index contributed by atoms with van der Waals surface area (Å²) >= 11 is 1.27. The van der Waals surface area contributed by atoms with Gasteiger partial charge in [0.05, 0.1) is 17.7 Å². The third kappa shape index (κ3) is 5.36. The highest BCUT2D eigenvalue weighted by atomic mass is 32.2. The standard InChI is InChI=1S/C25H28N4O4S/c1-6-8-12-34-15-20(30)26-23-19(25(32)33-7-2)13-18-22(29(23)14-16(3)4)27-21-17(5)10-9-11-28(21)24(18)31/h6,8-13,16H,1,7,14-15H2,2-5H3/b12-8+,26-23?. The van der Waals surface area contributed by atoms with Gasteiger partial charge in [-0.15, -0.1) is 11.8 Å². The molecule has 0 radical (unpaired) electrons. The largest absolute Gasteiger partial charge is 0.462 e. The second kappa shape index (κ2) is 11.1. The summed E-state index contributed by atoms with van der Waals surface area (Å²) in [5.74, 6) is -0.868. The lowest BCUT2D eigenvalue weighted by atomic mass is 10.1. The quantitative estimate of drug-likeness (QED) is 0.277. The summed E-state index contributed by atoms with van der Waals surface area (Å²) in [4.78, 5) is 48.1. The molecule has 3 aromatic heterocycles. The van der Waals surface area contributed by atoms with E-state index in [0.717, 1.165) is 5.56 Å². The summed E-state index contributed by atoms with van der Waals surface area (Å²) in [6.45, 7) is 11.7. The van der Waals surface area contributed by atoms with E-state index >= 15 is 0 Å². The van der Waals surface area contributed by atoms with Crippen molar-refractivity contribution in [2.75, 3.05) is 12.4 Å². The van der Waals surface area contributed by atoms with Crippen molar-refractivity contribution in [3.63, 3.8) is 0 Å². The number of aromatic nitrogens is 3. The fourth-order valence-electron chi connectivity index (χ4n) is 3.49. The van der Waals surface area contributed by atoms with Gasteiger partial charge in [-0.3, -0.25) is 14.0 Å². The van der Waals surface area contributed by atoms with Gasteiger partial charge in [-0.2, -0.15) is 4.99 Å². The number of allylic oxidation sites excluding steroid dienone is 2. The van der Waals surface area contributed by atoms with E-state index in [4.69, 9.17) is 9.72 Å². The molecule has 0 aliphatic carbocycles. The Morgan fingerprint density at radius 1 is 1.32 bits per heavy atom. The van der Waals surface area contributed by atoms with Gasteiger partial charge in [0.1, 0.15) is 16.9 Å². The number of aryl methyl sites for hydroxylation is 1.